The first-order valence-corrected chi connectivity index (χ1v) is 7.43. The maximum absolute atomic E-state index is 4.39. The molecule has 0 radical (unpaired) electrons. The van der Waals surface area contributed by atoms with Crippen molar-refractivity contribution in [2.75, 3.05) is 27.2 Å². The average Bonchev–Trinajstić information content (AvgIpc) is 2.46. The van der Waals surface area contributed by atoms with Crippen molar-refractivity contribution < 1.29 is 0 Å². The Morgan fingerprint density at radius 3 is 2.85 bits per heavy atom. The highest BCUT2D eigenvalue weighted by atomic mass is 15.1. The number of benzene rings is 1. The van der Waals surface area contributed by atoms with Crippen molar-refractivity contribution in [3.8, 4) is 0 Å². The van der Waals surface area contributed by atoms with Gasteiger partial charge in [-0.05, 0) is 63.8 Å². The van der Waals surface area contributed by atoms with Crippen molar-refractivity contribution in [1.29, 1.82) is 0 Å². The van der Waals surface area contributed by atoms with Crippen molar-refractivity contribution >= 4 is 10.9 Å². The summed E-state index contributed by atoms with van der Waals surface area (Å²) in [5, 5.41) is 4.88. The topological polar surface area (TPSA) is 28.2 Å². The quantitative estimate of drug-likeness (QED) is 0.838. The molecule has 20 heavy (non-hydrogen) atoms. The predicted octanol–water partition coefficient (Wildman–Crippen LogP) is 3.23. The Morgan fingerprint density at radius 2 is 2.10 bits per heavy atom. The highest BCUT2D eigenvalue weighted by Gasteiger charge is 2.11. The third-order valence-electron chi connectivity index (χ3n) is 3.54. The van der Waals surface area contributed by atoms with Crippen LogP contribution in [0.1, 0.15) is 31.4 Å². The third kappa shape index (κ3) is 4.02. The molecule has 0 saturated heterocycles. The molecular weight excluding hydrogens is 246 g/mol. The van der Waals surface area contributed by atoms with Gasteiger partial charge in [-0.25, -0.2) is 0 Å². The molecule has 1 heterocycles. The summed E-state index contributed by atoms with van der Waals surface area (Å²) in [6.45, 7) is 4.36. The first kappa shape index (κ1) is 14.9. The number of hydrogen-bond acceptors (Lipinski definition) is 3. The molecule has 1 unspecified atom stereocenters. The Hall–Kier alpha value is -1.45. The summed E-state index contributed by atoms with van der Waals surface area (Å²) in [7, 11) is 4.25. The van der Waals surface area contributed by atoms with Crippen LogP contribution in [-0.2, 0) is 0 Å². The zero-order valence-corrected chi connectivity index (χ0v) is 12.8. The molecule has 2 aromatic rings. The van der Waals surface area contributed by atoms with Crippen LogP contribution in [0.3, 0.4) is 0 Å². The van der Waals surface area contributed by atoms with E-state index in [2.05, 4.69) is 60.5 Å². The number of nitrogens with one attached hydrogen (secondary N) is 1. The van der Waals surface area contributed by atoms with Gasteiger partial charge in [0.05, 0.1) is 5.52 Å². The van der Waals surface area contributed by atoms with E-state index in [4.69, 9.17) is 0 Å². The zero-order chi connectivity index (χ0) is 14.4. The van der Waals surface area contributed by atoms with Gasteiger partial charge in [0.25, 0.3) is 0 Å². The van der Waals surface area contributed by atoms with Gasteiger partial charge in [-0.15, -0.1) is 0 Å². The van der Waals surface area contributed by atoms with Crippen LogP contribution in [-0.4, -0.2) is 37.1 Å². The smallest absolute Gasteiger partial charge is 0.0702 e. The monoisotopic (exact) mass is 271 g/mol. The number of fused-ring (bicyclic) bond motifs is 1. The lowest BCUT2D eigenvalue weighted by molar-refractivity contribution is 0.361. The second-order valence-electron chi connectivity index (χ2n) is 5.55. The molecule has 1 atom stereocenters. The van der Waals surface area contributed by atoms with Crippen LogP contribution in [0.25, 0.3) is 10.9 Å². The summed E-state index contributed by atoms with van der Waals surface area (Å²) in [6, 6.07) is 11.2. The maximum Gasteiger partial charge on any atom is 0.0702 e. The minimum atomic E-state index is 0.418. The van der Waals surface area contributed by atoms with Gasteiger partial charge in [0, 0.05) is 17.6 Å². The molecule has 3 heteroatoms. The Balaban J connectivity index is 2.19. The molecular formula is C17H25N3. The molecule has 2 rings (SSSR count). The summed E-state index contributed by atoms with van der Waals surface area (Å²) in [6.07, 6.45) is 4.13. The van der Waals surface area contributed by atoms with E-state index in [0.717, 1.165) is 31.4 Å². The SMILES string of the molecule is CCCNC(CCN(C)C)c1ccc2ncccc2c1. The minimum Gasteiger partial charge on any atom is -0.310 e. The molecule has 0 aliphatic heterocycles. The fourth-order valence-corrected chi connectivity index (χ4v) is 2.40. The van der Waals surface area contributed by atoms with Crippen molar-refractivity contribution in [1.82, 2.24) is 15.2 Å². The highest BCUT2D eigenvalue weighted by molar-refractivity contribution is 5.79. The molecule has 0 fully saturated rings. The number of nitrogens with zero attached hydrogens (tertiary/aromatic N) is 2. The first-order chi connectivity index (χ1) is 9.70. The van der Waals surface area contributed by atoms with Crippen LogP contribution in [0.2, 0.25) is 0 Å². The van der Waals surface area contributed by atoms with E-state index in [9.17, 15) is 0 Å². The average molecular weight is 271 g/mol. The van der Waals surface area contributed by atoms with Gasteiger partial charge in [-0.2, -0.15) is 0 Å². The predicted molar refractivity (Wildman–Crippen MR) is 85.9 cm³/mol. The highest BCUT2D eigenvalue weighted by Crippen LogP contribution is 2.21. The second-order valence-corrected chi connectivity index (χ2v) is 5.55. The largest absolute Gasteiger partial charge is 0.310 e. The summed E-state index contributed by atoms with van der Waals surface area (Å²) in [5.41, 5.74) is 2.43. The molecule has 0 amide bonds. The van der Waals surface area contributed by atoms with Crippen LogP contribution < -0.4 is 5.32 Å². The van der Waals surface area contributed by atoms with Gasteiger partial charge in [-0.1, -0.05) is 19.1 Å². The van der Waals surface area contributed by atoms with E-state index in [1.807, 2.05) is 12.3 Å². The van der Waals surface area contributed by atoms with E-state index in [1.54, 1.807) is 0 Å². The number of rotatable bonds is 7. The zero-order valence-electron chi connectivity index (χ0n) is 12.8. The lowest BCUT2D eigenvalue weighted by Gasteiger charge is -2.21. The number of pyridine rings is 1. The molecule has 1 aromatic heterocycles. The normalized spacial score (nSPS) is 13.0. The molecule has 108 valence electrons. The van der Waals surface area contributed by atoms with E-state index in [0.29, 0.717) is 6.04 Å². The fourth-order valence-electron chi connectivity index (χ4n) is 2.40. The minimum absolute atomic E-state index is 0.418. The Bertz CT molecular complexity index is 537. The van der Waals surface area contributed by atoms with E-state index >= 15 is 0 Å². The van der Waals surface area contributed by atoms with Gasteiger partial charge in [0.15, 0.2) is 0 Å². The second kappa shape index (κ2) is 7.36. The Labute approximate surface area is 122 Å². The van der Waals surface area contributed by atoms with E-state index in [1.165, 1.54) is 10.9 Å². The molecule has 0 spiro atoms. The third-order valence-corrected chi connectivity index (χ3v) is 3.54. The lowest BCUT2D eigenvalue weighted by Crippen LogP contribution is -2.26. The number of aromatic nitrogens is 1. The Morgan fingerprint density at radius 1 is 1.25 bits per heavy atom. The van der Waals surface area contributed by atoms with Gasteiger partial charge < -0.3 is 10.2 Å². The van der Waals surface area contributed by atoms with Crippen LogP contribution in [0.5, 0.6) is 0 Å². The summed E-state index contributed by atoms with van der Waals surface area (Å²) in [4.78, 5) is 6.63. The molecule has 0 saturated carbocycles. The summed E-state index contributed by atoms with van der Waals surface area (Å²) in [5.74, 6) is 0. The van der Waals surface area contributed by atoms with Crippen LogP contribution >= 0.6 is 0 Å². The standard InChI is InChI=1S/C17H25N3/c1-4-10-18-17(9-12-20(2)3)15-7-8-16-14(13-15)6-5-11-19-16/h5-8,11,13,17-18H,4,9-10,12H2,1-3H3. The van der Waals surface area contributed by atoms with Gasteiger partial charge >= 0.3 is 0 Å². The summed E-state index contributed by atoms with van der Waals surface area (Å²) < 4.78 is 0. The molecule has 0 aliphatic rings. The van der Waals surface area contributed by atoms with Crippen molar-refractivity contribution in [3.63, 3.8) is 0 Å². The molecule has 1 aromatic carbocycles. The number of hydrogen-bond donors (Lipinski definition) is 1. The molecule has 3 nitrogen and oxygen atoms in total. The van der Waals surface area contributed by atoms with Crippen molar-refractivity contribution in [3.05, 3.63) is 42.1 Å². The molecule has 0 bridgehead atoms. The lowest BCUT2D eigenvalue weighted by atomic mass is 10.0. The summed E-state index contributed by atoms with van der Waals surface area (Å²) >= 11 is 0. The van der Waals surface area contributed by atoms with E-state index < -0.39 is 0 Å². The van der Waals surface area contributed by atoms with Gasteiger partial charge in [-0.3, -0.25) is 4.98 Å². The van der Waals surface area contributed by atoms with E-state index in [-0.39, 0.29) is 0 Å². The van der Waals surface area contributed by atoms with Gasteiger partial charge in [0.2, 0.25) is 0 Å². The van der Waals surface area contributed by atoms with Crippen LogP contribution in [0, 0.1) is 0 Å². The van der Waals surface area contributed by atoms with Crippen LogP contribution in [0.4, 0.5) is 0 Å². The van der Waals surface area contributed by atoms with Crippen LogP contribution in [0.15, 0.2) is 36.5 Å². The fraction of sp³-hybridized carbons (Fsp3) is 0.471. The van der Waals surface area contributed by atoms with Crippen molar-refractivity contribution in [2.24, 2.45) is 0 Å². The maximum atomic E-state index is 4.39. The first-order valence-electron chi connectivity index (χ1n) is 7.43. The molecule has 1 N–H and O–H groups in total. The Kier molecular flexibility index (Phi) is 5.50. The van der Waals surface area contributed by atoms with Crippen molar-refractivity contribution in [2.45, 2.75) is 25.8 Å². The van der Waals surface area contributed by atoms with Gasteiger partial charge in [0.1, 0.15) is 0 Å². The molecule has 0 aliphatic carbocycles.